The van der Waals surface area contributed by atoms with Crippen molar-refractivity contribution >= 4 is 22.4 Å². The lowest BCUT2D eigenvalue weighted by atomic mass is 10.1. The van der Waals surface area contributed by atoms with Crippen LogP contribution in [0.25, 0.3) is 0 Å². The highest BCUT2D eigenvalue weighted by Gasteiger charge is 2.18. The molecule has 0 saturated carbocycles. The molecule has 1 unspecified atom stereocenters. The second kappa shape index (κ2) is 5.93. The highest BCUT2D eigenvalue weighted by Crippen LogP contribution is 2.16. The summed E-state index contributed by atoms with van der Waals surface area (Å²) in [6, 6.07) is 9.19. The van der Waals surface area contributed by atoms with Crippen molar-refractivity contribution < 1.29 is 4.79 Å². The van der Waals surface area contributed by atoms with E-state index in [9.17, 15) is 4.79 Å². The van der Waals surface area contributed by atoms with Gasteiger partial charge in [-0.15, -0.1) is 5.11 Å². The number of carbonyl (C=O) groups excluding carboxylic acids is 1. The van der Waals surface area contributed by atoms with Gasteiger partial charge in [0.1, 0.15) is 5.82 Å². The molecule has 2 aromatic rings. The molecule has 2 rings (SSSR count). The van der Waals surface area contributed by atoms with E-state index in [1.54, 1.807) is 37.3 Å². The molecule has 1 atom stereocenters. The van der Waals surface area contributed by atoms with E-state index < -0.39 is 6.04 Å². The summed E-state index contributed by atoms with van der Waals surface area (Å²) in [5.41, 5.74) is 0.432. The van der Waals surface area contributed by atoms with Crippen molar-refractivity contribution in [3.63, 3.8) is 0 Å². The molecule has 0 spiro atoms. The summed E-state index contributed by atoms with van der Waals surface area (Å²) in [5, 5.41) is 16.8. The molecule has 0 aliphatic carbocycles. The summed E-state index contributed by atoms with van der Waals surface area (Å²) in [6.45, 7) is 1.73. The highest BCUT2D eigenvalue weighted by atomic mass is 32.1. The summed E-state index contributed by atoms with van der Waals surface area (Å²) in [6.07, 6.45) is 0. The third-order valence-corrected chi connectivity index (χ3v) is 2.90. The largest absolute Gasteiger partial charge is 0.290 e. The molecule has 0 radical (unpaired) electrons. The number of rotatable bonds is 4. The van der Waals surface area contributed by atoms with Crippen LogP contribution in [0.3, 0.4) is 0 Å². The first-order valence-electron chi connectivity index (χ1n) is 5.41. The van der Waals surface area contributed by atoms with E-state index in [4.69, 9.17) is 5.26 Å². The molecular formula is C12H9N5OS. The maximum absolute atomic E-state index is 12.0. The van der Waals surface area contributed by atoms with Gasteiger partial charge in [-0.25, -0.2) is 4.98 Å². The topological polar surface area (TPSA) is 91.4 Å². The van der Waals surface area contributed by atoms with Crippen molar-refractivity contribution in [2.75, 3.05) is 0 Å². The maximum Gasteiger partial charge on any atom is 0.249 e. The fraction of sp³-hybridized carbons (Fsp3) is 0.167. The molecule has 7 heteroatoms. The van der Waals surface area contributed by atoms with Gasteiger partial charge in [0.15, 0.2) is 0 Å². The molecule has 1 aromatic heterocycles. The molecule has 0 N–H and O–H groups in total. The van der Waals surface area contributed by atoms with E-state index in [0.717, 1.165) is 11.5 Å². The molecule has 0 fully saturated rings. The van der Waals surface area contributed by atoms with Crippen molar-refractivity contribution in [3.05, 3.63) is 41.7 Å². The van der Waals surface area contributed by atoms with Crippen LogP contribution in [0.15, 0.2) is 40.6 Å². The molecule has 0 bridgehead atoms. The van der Waals surface area contributed by atoms with Crippen LogP contribution in [-0.4, -0.2) is 21.2 Å². The molecule has 94 valence electrons. The molecule has 1 heterocycles. The van der Waals surface area contributed by atoms with Crippen LogP contribution in [0.1, 0.15) is 16.2 Å². The number of nitriles is 1. The molecule has 0 aliphatic heterocycles. The minimum atomic E-state index is -1.16. The first-order valence-corrected chi connectivity index (χ1v) is 6.18. The number of ketones is 1. The number of Topliss-reactive ketones (excluding diaryl/α,β-unsaturated/α-hetero) is 1. The summed E-state index contributed by atoms with van der Waals surface area (Å²) in [5.74, 6) is 0.204. The maximum atomic E-state index is 12.0. The van der Waals surface area contributed by atoms with Gasteiger partial charge in [0.05, 0.1) is 6.07 Å². The van der Waals surface area contributed by atoms with Gasteiger partial charge in [-0.1, -0.05) is 30.3 Å². The average Bonchev–Trinajstić information content (AvgIpc) is 2.86. The summed E-state index contributed by atoms with van der Waals surface area (Å²) in [4.78, 5) is 16.0. The van der Waals surface area contributed by atoms with Gasteiger partial charge in [0.25, 0.3) is 0 Å². The van der Waals surface area contributed by atoms with Crippen LogP contribution in [0, 0.1) is 18.3 Å². The zero-order valence-corrected chi connectivity index (χ0v) is 10.8. The summed E-state index contributed by atoms with van der Waals surface area (Å²) >= 11 is 1.07. The number of aryl methyl sites for hydroxylation is 1. The van der Waals surface area contributed by atoms with Gasteiger partial charge >= 0.3 is 0 Å². The van der Waals surface area contributed by atoms with Crippen LogP contribution in [0.5, 0.6) is 0 Å². The summed E-state index contributed by atoms with van der Waals surface area (Å²) in [7, 11) is 0. The number of carbonyl (C=O) groups is 1. The fourth-order valence-electron chi connectivity index (χ4n) is 1.33. The Labute approximate surface area is 113 Å². The van der Waals surface area contributed by atoms with E-state index >= 15 is 0 Å². The molecule has 6 nitrogen and oxygen atoms in total. The predicted octanol–water partition coefficient (Wildman–Crippen LogP) is 2.71. The Morgan fingerprint density at radius 3 is 2.74 bits per heavy atom. The minimum absolute atomic E-state index is 0.332. The molecule has 19 heavy (non-hydrogen) atoms. The quantitative estimate of drug-likeness (QED) is 0.631. The van der Waals surface area contributed by atoms with Crippen molar-refractivity contribution in [2.24, 2.45) is 10.2 Å². The van der Waals surface area contributed by atoms with Crippen molar-refractivity contribution in [1.82, 2.24) is 9.36 Å². The molecule has 0 saturated heterocycles. The van der Waals surface area contributed by atoms with Gasteiger partial charge < -0.3 is 0 Å². The van der Waals surface area contributed by atoms with E-state index in [-0.39, 0.29) is 5.78 Å². The molecular weight excluding hydrogens is 262 g/mol. The van der Waals surface area contributed by atoms with Crippen LogP contribution < -0.4 is 0 Å². The number of benzene rings is 1. The van der Waals surface area contributed by atoms with Gasteiger partial charge in [-0.05, 0) is 6.92 Å². The Bertz CT molecular complexity index is 644. The Morgan fingerprint density at radius 1 is 1.42 bits per heavy atom. The molecule has 1 aromatic carbocycles. The molecule has 0 aliphatic rings. The SMILES string of the molecule is Cc1nsc(N=NC(C#N)C(=O)c2ccccc2)n1. The number of aromatic nitrogens is 2. The van der Waals surface area contributed by atoms with Crippen LogP contribution in [0.4, 0.5) is 5.13 Å². The fourth-order valence-corrected chi connectivity index (χ4v) is 1.84. The van der Waals surface area contributed by atoms with Gasteiger partial charge in [-0.2, -0.15) is 14.7 Å². The van der Waals surface area contributed by atoms with Gasteiger partial charge in [0, 0.05) is 17.1 Å². The first-order chi connectivity index (χ1) is 9.20. The van der Waals surface area contributed by atoms with Gasteiger partial charge in [-0.3, -0.25) is 4.79 Å². The highest BCUT2D eigenvalue weighted by molar-refractivity contribution is 7.09. The predicted molar refractivity (Wildman–Crippen MR) is 69.3 cm³/mol. The first kappa shape index (κ1) is 13.0. The Balaban J connectivity index is 2.15. The van der Waals surface area contributed by atoms with E-state index in [0.29, 0.717) is 16.5 Å². The van der Waals surface area contributed by atoms with Crippen molar-refractivity contribution in [1.29, 1.82) is 5.26 Å². The Hall–Kier alpha value is -2.46. The van der Waals surface area contributed by atoms with Crippen LogP contribution in [-0.2, 0) is 0 Å². The molecule has 0 amide bonds. The summed E-state index contributed by atoms with van der Waals surface area (Å²) < 4.78 is 3.93. The lowest BCUT2D eigenvalue weighted by Gasteiger charge is -2.00. The smallest absolute Gasteiger partial charge is 0.249 e. The second-order valence-corrected chi connectivity index (χ2v) is 4.33. The lowest BCUT2D eigenvalue weighted by molar-refractivity contribution is 0.0979. The van der Waals surface area contributed by atoms with Crippen LogP contribution in [0.2, 0.25) is 0 Å². The Morgan fingerprint density at radius 2 is 2.16 bits per heavy atom. The zero-order chi connectivity index (χ0) is 13.7. The average molecular weight is 271 g/mol. The number of nitrogens with zero attached hydrogens (tertiary/aromatic N) is 5. The van der Waals surface area contributed by atoms with Gasteiger partial charge in [0.2, 0.25) is 17.0 Å². The normalized spacial score (nSPS) is 12.2. The van der Waals surface area contributed by atoms with E-state index in [2.05, 4.69) is 19.6 Å². The number of azo groups is 1. The zero-order valence-electron chi connectivity index (χ0n) is 10.0. The number of hydrogen-bond acceptors (Lipinski definition) is 7. The third kappa shape index (κ3) is 3.26. The van der Waals surface area contributed by atoms with Crippen molar-refractivity contribution in [2.45, 2.75) is 13.0 Å². The van der Waals surface area contributed by atoms with E-state index in [1.807, 2.05) is 6.07 Å². The van der Waals surface area contributed by atoms with Crippen LogP contribution >= 0.6 is 11.5 Å². The minimum Gasteiger partial charge on any atom is -0.290 e. The Kier molecular flexibility index (Phi) is 4.05. The lowest BCUT2D eigenvalue weighted by Crippen LogP contribution is -2.15. The standard InChI is InChI=1S/C12H9N5OS/c1-8-14-12(19-17-8)16-15-10(7-13)11(18)9-5-3-2-4-6-9/h2-6,10H,1H3. The van der Waals surface area contributed by atoms with Crippen molar-refractivity contribution in [3.8, 4) is 6.07 Å². The second-order valence-electron chi connectivity index (χ2n) is 3.60. The monoisotopic (exact) mass is 271 g/mol. The third-order valence-electron chi connectivity index (χ3n) is 2.20. The van der Waals surface area contributed by atoms with E-state index in [1.165, 1.54) is 0 Å². The number of hydrogen-bond donors (Lipinski definition) is 0.